The molecular weight excluding hydrogens is 426 g/mol. The van der Waals surface area contributed by atoms with Gasteiger partial charge >= 0.3 is 5.97 Å². The Morgan fingerprint density at radius 1 is 1.23 bits per heavy atom. The number of halogens is 1. The number of carbonyl (C=O) groups excluding carboxylic acids is 3. The number of amides is 2. The highest BCUT2D eigenvalue weighted by Crippen LogP contribution is 2.29. The quantitative estimate of drug-likeness (QED) is 0.718. The predicted molar refractivity (Wildman–Crippen MR) is 118 cm³/mol. The van der Waals surface area contributed by atoms with Crippen molar-refractivity contribution < 1.29 is 19.1 Å². The average Bonchev–Trinajstić information content (AvgIpc) is 2.73. The van der Waals surface area contributed by atoms with Crippen LogP contribution in [0.3, 0.4) is 0 Å². The molecule has 1 fully saturated rings. The Labute approximate surface area is 183 Å². The van der Waals surface area contributed by atoms with E-state index in [0.717, 1.165) is 5.56 Å². The average molecular weight is 446 g/mol. The Morgan fingerprint density at radius 3 is 2.57 bits per heavy atom. The number of rotatable bonds is 4. The summed E-state index contributed by atoms with van der Waals surface area (Å²) >= 11 is 7.32. The first-order chi connectivity index (χ1) is 14.3. The van der Waals surface area contributed by atoms with Crippen molar-refractivity contribution in [3.05, 3.63) is 58.6 Å². The van der Waals surface area contributed by atoms with Gasteiger partial charge in [-0.1, -0.05) is 29.4 Å². The molecule has 0 spiro atoms. The number of aliphatic imine (C=N–C) groups is 1. The summed E-state index contributed by atoms with van der Waals surface area (Å²) in [5, 5.41) is 3.14. The third-order valence-corrected chi connectivity index (χ3v) is 6.16. The minimum atomic E-state index is -0.623. The summed E-state index contributed by atoms with van der Waals surface area (Å²) in [6.07, 6.45) is 0.0624. The maximum atomic E-state index is 12.7. The zero-order chi connectivity index (χ0) is 21.8. The Bertz CT molecular complexity index is 1020. The molecule has 1 saturated heterocycles. The van der Waals surface area contributed by atoms with Crippen LogP contribution in [0.2, 0.25) is 5.02 Å². The molecule has 0 saturated carbocycles. The highest BCUT2D eigenvalue weighted by Gasteiger charge is 2.34. The molecular formula is C21H20ClN3O4S. The first-order valence-corrected chi connectivity index (χ1v) is 10.3. The van der Waals surface area contributed by atoms with Gasteiger partial charge in [-0.2, -0.15) is 0 Å². The Balaban J connectivity index is 1.76. The van der Waals surface area contributed by atoms with E-state index in [0.29, 0.717) is 27.1 Å². The molecule has 7 nitrogen and oxygen atoms in total. The summed E-state index contributed by atoms with van der Waals surface area (Å²) in [6, 6.07) is 11.7. The smallest absolute Gasteiger partial charge is 0.337 e. The van der Waals surface area contributed by atoms with Crippen molar-refractivity contribution in [1.82, 2.24) is 4.90 Å². The molecule has 1 aliphatic rings. The van der Waals surface area contributed by atoms with E-state index in [1.54, 1.807) is 43.4 Å². The molecule has 2 amide bonds. The molecule has 0 aromatic heterocycles. The third-order valence-electron chi connectivity index (χ3n) is 4.51. The van der Waals surface area contributed by atoms with E-state index in [1.165, 1.54) is 23.8 Å². The minimum absolute atomic E-state index is 0.0624. The van der Waals surface area contributed by atoms with Crippen LogP contribution in [0, 0.1) is 6.92 Å². The second-order valence-corrected chi connectivity index (χ2v) is 8.23. The molecule has 1 aliphatic heterocycles. The van der Waals surface area contributed by atoms with Crippen molar-refractivity contribution in [3.8, 4) is 0 Å². The molecule has 1 N–H and O–H groups in total. The van der Waals surface area contributed by atoms with Crippen LogP contribution in [0.25, 0.3) is 0 Å². The van der Waals surface area contributed by atoms with Gasteiger partial charge < -0.3 is 10.1 Å². The number of nitrogens with one attached hydrogen (secondary N) is 1. The molecule has 1 atom stereocenters. The van der Waals surface area contributed by atoms with Gasteiger partial charge in [0.15, 0.2) is 5.17 Å². The number of nitrogens with zero attached hydrogens (tertiary/aromatic N) is 2. The Kier molecular flexibility index (Phi) is 6.79. The Hall–Kier alpha value is -2.84. The SMILES string of the molecule is COC(=O)c1ccc(N=C2S[C@H](C(=O)Nc3ccc(C)c(Cl)c3)CC(=O)N2C)cc1. The molecule has 2 aromatic rings. The molecule has 3 rings (SSSR count). The number of carbonyl (C=O) groups is 3. The number of anilines is 1. The topological polar surface area (TPSA) is 88.1 Å². The van der Waals surface area contributed by atoms with E-state index >= 15 is 0 Å². The maximum Gasteiger partial charge on any atom is 0.337 e. The molecule has 0 bridgehead atoms. The van der Waals surface area contributed by atoms with Crippen LogP contribution >= 0.6 is 23.4 Å². The van der Waals surface area contributed by atoms with E-state index in [4.69, 9.17) is 11.6 Å². The van der Waals surface area contributed by atoms with Crippen LogP contribution in [0.1, 0.15) is 22.3 Å². The highest BCUT2D eigenvalue weighted by atomic mass is 35.5. The normalized spacial score (nSPS) is 17.7. The second kappa shape index (κ2) is 9.32. The number of hydrogen-bond donors (Lipinski definition) is 1. The van der Waals surface area contributed by atoms with Gasteiger partial charge in [-0.3, -0.25) is 14.5 Å². The van der Waals surface area contributed by atoms with Crippen molar-refractivity contribution in [2.24, 2.45) is 4.99 Å². The lowest BCUT2D eigenvalue weighted by molar-refractivity contribution is -0.128. The summed E-state index contributed by atoms with van der Waals surface area (Å²) in [7, 11) is 2.93. The van der Waals surface area contributed by atoms with E-state index in [1.807, 2.05) is 13.0 Å². The van der Waals surface area contributed by atoms with Gasteiger partial charge in [-0.15, -0.1) is 0 Å². The number of amidine groups is 1. The zero-order valence-electron chi connectivity index (χ0n) is 16.6. The zero-order valence-corrected chi connectivity index (χ0v) is 18.2. The van der Waals surface area contributed by atoms with Crippen molar-refractivity contribution in [2.45, 2.75) is 18.6 Å². The van der Waals surface area contributed by atoms with Gasteiger partial charge in [0.2, 0.25) is 11.8 Å². The standard InChI is InChI=1S/C21H20ClN3O4S/c1-12-4-7-15(10-16(12)22)23-19(27)17-11-18(26)25(2)21(30-17)24-14-8-5-13(6-9-14)20(28)29-3/h4-10,17H,11H2,1-3H3,(H,23,27)/t17-/m0/s1. The van der Waals surface area contributed by atoms with Crippen LogP contribution in [0.15, 0.2) is 47.5 Å². The number of benzene rings is 2. The van der Waals surface area contributed by atoms with Crippen LogP contribution in [0.4, 0.5) is 11.4 Å². The lowest BCUT2D eigenvalue weighted by Gasteiger charge is -2.28. The number of methoxy groups -OCH3 is 1. The number of hydrogen-bond acceptors (Lipinski definition) is 6. The fourth-order valence-electron chi connectivity index (χ4n) is 2.69. The molecule has 0 aliphatic carbocycles. The van der Waals surface area contributed by atoms with Gasteiger partial charge in [0.1, 0.15) is 5.25 Å². The van der Waals surface area contributed by atoms with Crippen molar-refractivity contribution >= 4 is 57.7 Å². The van der Waals surface area contributed by atoms with Crippen molar-refractivity contribution in [1.29, 1.82) is 0 Å². The Morgan fingerprint density at radius 2 is 1.93 bits per heavy atom. The highest BCUT2D eigenvalue weighted by molar-refractivity contribution is 8.15. The van der Waals surface area contributed by atoms with Gasteiger partial charge in [0.25, 0.3) is 0 Å². The first kappa shape index (κ1) is 21.9. The van der Waals surface area contributed by atoms with E-state index in [2.05, 4.69) is 15.0 Å². The number of aryl methyl sites for hydroxylation is 1. The van der Waals surface area contributed by atoms with Crippen LogP contribution in [-0.2, 0) is 14.3 Å². The van der Waals surface area contributed by atoms with E-state index in [-0.39, 0.29) is 18.2 Å². The van der Waals surface area contributed by atoms with Gasteiger partial charge in [-0.25, -0.2) is 9.79 Å². The fraction of sp³-hybridized carbons (Fsp3) is 0.238. The van der Waals surface area contributed by atoms with Crippen LogP contribution in [-0.4, -0.2) is 47.3 Å². The summed E-state index contributed by atoms with van der Waals surface area (Å²) in [5.41, 5.74) is 2.43. The van der Waals surface area contributed by atoms with E-state index in [9.17, 15) is 14.4 Å². The van der Waals surface area contributed by atoms with E-state index < -0.39 is 11.2 Å². The summed E-state index contributed by atoms with van der Waals surface area (Å²) in [6.45, 7) is 1.87. The van der Waals surface area contributed by atoms with Crippen LogP contribution < -0.4 is 5.32 Å². The summed E-state index contributed by atoms with van der Waals surface area (Å²) < 4.78 is 4.68. The molecule has 30 heavy (non-hydrogen) atoms. The number of esters is 1. The summed E-state index contributed by atoms with van der Waals surface area (Å²) in [4.78, 5) is 42.6. The molecule has 9 heteroatoms. The summed E-state index contributed by atoms with van der Waals surface area (Å²) in [5.74, 6) is -0.947. The monoisotopic (exact) mass is 445 g/mol. The number of thioether (sulfide) groups is 1. The van der Waals surface area contributed by atoms with Crippen molar-refractivity contribution in [2.75, 3.05) is 19.5 Å². The third kappa shape index (κ3) is 5.01. The minimum Gasteiger partial charge on any atom is -0.465 e. The number of ether oxygens (including phenoxy) is 1. The van der Waals surface area contributed by atoms with Crippen molar-refractivity contribution in [3.63, 3.8) is 0 Å². The molecule has 2 aromatic carbocycles. The van der Waals surface area contributed by atoms with Crippen LogP contribution in [0.5, 0.6) is 0 Å². The lowest BCUT2D eigenvalue weighted by Crippen LogP contribution is -2.43. The molecule has 0 unspecified atom stereocenters. The second-order valence-electron chi connectivity index (χ2n) is 6.65. The molecule has 156 valence electrons. The van der Waals surface area contributed by atoms with Gasteiger partial charge in [0.05, 0.1) is 18.4 Å². The first-order valence-electron chi connectivity index (χ1n) is 9.06. The van der Waals surface area contributed by atoms with Gasteiger partial charge in [-0.05, 0) is 48.9 Å². The largest absolute Gasteiger partial charge is 0.465 e. The lowest BCUT2D eigenvalue weighted by atomic mass is 10.2. The molecule has 1 heterocycles. The maximum absolute atomic E-state index is 12.7. The fourth-order valence-corrected chi connectivity index (χ4v) is 3.94. The van der Waals surface area contributed by atoms with Gasteiger partial charge in [0, 0.05) is 24.2 Å². The molecule has 0 radical (unpaired) electrons. The predicted octanol–water partition coefficient (Wildman–Crippen LogP) is 4.03.